The zero-order valence-corrected chi connectivity index (χ0v) is 11.7. The van der Waals surface area contributed by atoms with Crippen molar-refractivity contribution in [3.8, 4) is 0 Å². The van der Waals surface area contributed by atoms with Crippen molar-refractivity contribution in [1.29, 1.82) is 0 Å². The van der Waals surface area contributed by atoms with Crippen molar-refractivity contribution in [2.75, 3.05) is 26.2 Å². The van der Waals surface area contributed by atoms with Crippen molar-refractivity contribution >= 4 is 0 Å². The van der Waals surface area contributed by atoms with Crippen LogP contribution in [0, 0.1) is 0 Å². The second-order valence-electron chi connectivity index (χ2n) is 5.45. The Labute approximate surface area is 111 Å². The SMILES string of the molecule is CCCN(CC(C)c1ccccc1)C1CCNC1. The summed E-state index contributed by atoms with van der Waals surface area (Å²) in [5.41, 5.74) is 1.46. The van der Waals surface area contributed by atoms with Gasteiger partial charge in [-0.2, -0.15) is 0 Å². The van der Waals surface area contributed by atoms with E-state index in [1.807, 2.05) is 0 Å². The Balaban J connectivity index is 1.95. The normalized spacial score (nSPS) is 21.4. The number of hydrogen-bond donors (Lipinski definition) is 1. The highest BCUT2D eigenvalue weighted by Crippen LogP contribution is 2.19. The summed E-state index contributed by atoms with van der Waals surface area (Å²) in [6, 6.07) is 11.6. The monoisotopic (exact) mass is 246 g/mol. The Morgan fingerprint density at radius 1 is 1.33 bits per heavy atom. The van der Waals surface area contributed by atoms with Gasteiger partial charge in [0.2, 0.25) is 0 Å². The maximum Gasteiger partial charge on any atom is 0.0232 e. The average molecular weight is 246 g/mol. The van der Waals surface area contributed by atoms with Gasteiger partial charge in [0.05, 0.1) is 0 Å². The lowest BCUT2D eigenvalue weighted by molar-refractivity contribution is 0.198. The van der Waals surface area contributed by atoms with Crippen molar-refractivity contribution in [2.45, 2.75) is 38.6 Å². The molecule has 1 aromatic carbocycles. The zero-order chi connectivity index (χ0) is 12.8. The van der Waals surface area contributed by atoms with E-state index in [0.29, 0.717) is 5.92 Å². The van der Waals surface area contributed by atoms with Crippen LogP contribution >= 0.6 is 0 Å². The van der Waals surface area contributed by atoms with Crippen LogP contribution in [0.1, 0.15) is 38.2 Å². The summed E-state index contributed by atoms with van der Waals surface area (Å²) in [5.74, 6) is 0.623. The summed E-state index contributed by atoms with van der Waals surface area (Å²) >= 11 is 0. The van der Waals surface area contributed by atoms with E-state index in [2.05, 4.69) is 54.4 Å². The van der Waals surface area contributed by atoms with E-state index in [4.69, 9.17) is 0 Å². The molecular weight excluding hydrogens is 220 g/mol. The molecule has 1 saturated heterocycles. The van der Waals surface area contributed by atoms with Crippen LogP contribution in [0.5, 0.6) is 0 Å². The third-order valence-electron chi connectivity index (χ3n) is 3.94. The first kappa shape index (κ1) is 13.6. The summed E-state index contributed by atoms with van der Waals surface area (Å²) in [4.78, 5) is 2.68. The average Bonchev–Trinajstić information content (AvgIpc) is 2.93. The molecule has 0 aromatic heterocycles. The Hall–Kier alpha value is -0.860. The highest BCUT2D eigenvalue weighted by Gasteiger charge is 2.23. The Kier molecular flexibility index (Phi) is 5.21. The Morgan fingerprint density at radius 2 is 2.11 bits per heavy atom. The maximum atomic E-state index is 3.48. The van der Waals surface area contributed by atoms with Crippen LogP contribution in [0.25, 0.3) is 0 Å². The molecule has 1 fully saturated rings. The molecule has 2 nitrogen and oxygen atoms in total. The summed E-state index contributed by atoms with van der Waals surface area (Å²) < 4.78 is 0. The molecule has 0 radical (unpaired) electrons. The van der Waals surface area contributed by atoms with Gasteiger partial charge in [-0.15, -0.1) is 0 Å². The molecule has 1 heterocycles. The molecule has 2 heteroatoms. The van der Waals surface area contributed by atoms with Crippen LogP contribution in [0.4, 0.5) is 0 Å². The molecule has 0 saturated carbocycles. The minimum Gasteiger partial charge on any atom is -0.315 e. The Morgan fingerprint density at radius 3 is 2.72 bits per heavy atom. The molecule has 2 atom stereocenters. The minimum atomic E-state index is 0.623. The third-order valence-corrected chi connectivity index (χ3v) is 3.94. The molecule has 0 bridgehead atoms. The molecule has 0 aliphatic carbocycles. The van der Waals surface area contributed by atoms with Gasteiger partial charge in [-0.1, -0.05) is 44.2 Å². The van der Waals surface area contributed by atoms with Crippen LogP contribution in [-0.4, -0.2) is 37.1 Å². The van der Waals surface area contributed by atoms with E-state index >= 15 is 0 Å². The lowest BCUT2D eigenvalue weighted by Gasteiger charge is -2.30. The van der Waals surface area contributed by atoms with Crippen molar-refractivity contribution in [2.24, 2.45) is 0 Å². The third kappa shape index (κ3) is 3.56. The van der Waals surface area contributed by atoms with E-state index in [1.165, 1.54) is 44.6 Å². The van der Waals surface area contributed by atoms with Crippen LogP contribution in [0.15, 0.2) is 30.3 Å². The summed E-state index contributed by atoms with van der Waals surface area (Å²) in [6.07, 6.45) is 2.56. The first-order valence-electron chi connectivity index (χ1n) is 7.31. The van der Waals surface area contributed by atoms with Crippen LogP contribution in [0.2, 0.25) is 0 Å². The number of rotatable bonds is 6. The molecule has 0 spiro atoms. The van der Waals surface area contributed by atoms with Crippen LogP contribution < -0.4 is 5.32 Å². The summed E-state index contributed by atoms with van der Waals surface area (Å²) in [6.45, 7) is 9.39. The van der Waals surface area contributed by atoms with Gasteiger partial charge in [0.25, 0.3) is 0 Å². The quantitative estimate of drug-likeness (QED) is 0.830. The van der Waals surface area contributed by atoms with Gasteiger partial charge >= 0.3 is 0 Å². The molecule has 1 aliphatic rings. The van der Waals surface area contributed by atoms with Gasteiger partial charge in [-0.3, -0.25) is 4.90 Å². The molecule has 2 rings (SSSR count). The van der Waals surface area contributed by atoms with Crippen molar-refractivity contribution in [1.82, 2.24) is 10.2 Å². The van der Waals surface area contributed by atoms with Gasteiger partial charge in [-0.25, -0.2) is 0 Å². The van der Waals surface area contributed by atoms with Crippen molar-refractivity contribution in [3.63, 3.8) is 0 Å². The lowest BCUT2D eigenvalue weighted by Crippen LogP contribution is -2.39. The largest absolute Gasteiger partial charge is 0.315 e. The topological polar surface area (TPSA) is 15.3 Å². The number of nitrogens with one attached hydrogen (secondary N) is 1. The fourth-order valence-electron chi connectivity index (χ4n) is 2.90. The highest BCUT2D eigenvalue weighted by molar-refractivity contribution is 5.19. The fraction of sp³-hybridized carbons (Fsp3) is 0.625. The molecule has 2 unspecified atom stereocenters. The predicted octanol–water partition coefficient (Wildman–Crippen LogP) is 2.86. The van der Waals surface area contributed by atoms with E-state index in [9.17, 15) is 0 Å². The molecule has 0 amide bonds. The van der Waals surface area contributed by atoms with Gasteiger partial charge < -0.3 is 5.32 Å². The van der Waals surface area contributed by atoms with Gasteiger partial charge in [0.15, 0.2) is 0 Å². The fourth-order valence-corrected chi connectivity index (χ4v) is 2.90. The molecular formula is C16H26N2. The first-order chi connectivity index (χ1) is 8.81. The summed E-state index contributed by atoms with van der Waals surface area (Å²) in [5, 5.41) is 3.48. The smallest absolute Gasteiger partial charge is 0.0232 e. The number of benzene rings is 1. The molecule has 18 heavy (non-hydrogen) atoms. The number of hydrogen-bond acceptors (Lipinski definition) is 2. The Bertz CT molecular complexity index is 330. The van der Waals surface area contributed by atoms with E-state index < -0.39 is 0 Å². The van der Waals surface area contributed by atoms with Gasteiger partial charge in [0.1, 0.15) is 0 Å². The van der Waals surface area contributed by atoms with Gasteiger partial charge in [-0.05, 0) is 37.4 Å². The second-order valence-corrected chi connectivity index (χ2v) is 5.45. The van der Waals surface area contributed by atoms with Crippen molar-refractivity contribution in [3.05, 3.63) is 35.9 Å². The van der Waals surface area contributed by atoms with Crippen LogP contribution in [0.3, 0.4) is 0 Å². The molecule has 1 aromatic rings. The highest BCUT2D eigenvalue weighted by atomic mass is 15.2. The lowest BCUT2D eigenvalue weighted by atomic mass is 9.99. The predicted molar refractivity (Wildman–Crippen MR) is 78.0 cm³/mol. The number of nitrogens with zero attached hydrogens (tertiary/aromatic N) is 1. The minimum absolute atomic E-state index is 0.623. The summed E-state index contributed by atoms with van der Waals surface area (Å²) in [7, 11) is 0. The van der Waals surface area contributed by atoms with Crippen molar-refractivity contribution < 1.29 is 0 Å². The molecule has 100 valence electrons. The van der Waals surface area contributed by atoms with E-state index in [0.717, 1.165) is 6.04 Å². The molecule has 1 N–H and O–H groups in total. The standard InChI is InChI=1S/C16H26N2/c1-3-11-18(16-9-10-17-12-16)13-14(2)15-7-5-4-6-8-15/h4-8,14,16-17H,3,9-13H2,1-2H3. The van der Waals surface area contributed by atoms with E-state index in [-0.39, 0.29) is 0 Å². The molecule has 1 aliphatic heterocycles. The first-order valence-corrected chi connectivity index (χ1v) is 7.31. The zero-order valence-electron chi connectivity index (χ0n) is 11.7. The van der Waals surface area contributed by atoms with E-state index in [1.54, 1.807) is 0 Å². The maximum absolute atomic E-state index is 3.48. The van der Waals surface area contributed by atoms with Crippen LogP contribution in [-0.2, 0) is 0 Å². The second kappa shape index (κ2) is 6.91. The van der Waals surface area contributed by atoms with Gasteiger partial charge in [0, 0.05) is 19.1 Å².